The predicted molar refractivity (Wildman–Crippen MR) is 82.7 cm³/mol. The van der Waals surface area contributed by atoms with E-state index >= 15 is 0 Å². The lowest BCUT2D eigenvalue weighted by molar-refractivity contribution is -0.145. The van der Waals surface area contributed by atoms with Crippen molar-refractivity contribution in [1.82, 2.24) is 10.2 Å². The number of thiophene rings is 1. The molecule has 0 aromatic carbocycles. The fourth-order valence-electron chi connectivity index (χ4n) is 3.23. The fraction of sp³-hybridized carbons (Fsp3) is 0.688. The summed E-state index contributed by atoms with van der Waals surface area (Å²) in [7, 11) is 0. The van der Waals surface area contributed by atoms with Crippen molar-refractivity contribution in [3.8, 4) is 0 Å². The van der Waals surface area contributed by atoms with Gasteiger partial charge in [-0.2, -0.15) is 0 Å². The van der Waals surface area contributed by atoms with Crippen molar-refractivity contribution < 1.29 is 4.79 Å². The summed E-state index contributed by atoms with van der Waals surface area (Å²) in [6.45, 7) is 4.89. The van der Waals surface area contributed by atoms with Crippen molar-refractivity contribution in [1.29, 1.82) is 0 Å². The number of nitrogens with one attached hydrogen (secondary N) is 1. The first-order valence-corrected chi connectivity index (χ1v) is 8.67. The first-order chi connectivity index (χ1) is 9.75. The van der Waals surface area contributed by atoms with E-state index in [4.69, 9.17) is 0 Å². The fourth-order valence-corrected chi connectivity index (χ4v) is 3.93. The van der Waals surface area contributed by atoms with Gasteiger partial charge in [0, 0.05) is 17.5 Å². The second-order valence-electron chi connectivity index (χ2n) is 6.16. The van der Waals surface area contributed by atoms with Crippen LogP contribution in [0.15, 0.2) is 17.5 Å². The van der Waals surface area contributed by atoms with E-state index < -0.39 is 0 Å². The summed E-state index contributed by atoms with van der Waals surface area (Å²) in [4.78, 5) is 16.6. The minimum atomic E-state index is -0.155. The van der Waals surface area contributed by atoms with E-state index in [1.807, 2.05) is 0 Å². The Morgan fingerprint density at radius 3 is 2.95 bits per heavy atom. The van der Waals surface area contributed by atoms with Gasteiger partial charge in [-0.3, -0.25) is 4.79 Å². The summed E-state index contributed by atoms with van der Waals surface area (Å²) in [6, 6.07) is 4.72. The number of hydrogen-bond acceptors (Lipinski definition) is 3. The van der Waals surface area contributed by atoms with E-state index in [-0.39, 0.29) is 5.41 Å². The van der Waals surface area contributed by atoms with Crippen LogP contribution in [0.4, 0.5) is 0 Å². The van der Waals surface area contributed by atoms with E-state index in [1.165, 1.54) is 17.7 Å². The smallest absolute Gasteiger partial charge is 0.230 e. The third kappa shape index (κ3) is 2.77. The van der Waals surface area contributed by atoms with Crippen molar-refractivity contribution in [2.24, 2.45) is 5.41 Å². The SMILES string of the molecule is CCC1(C(=O)N(Cc2cccs2)C2CC2)CCCNC1. The lowest BCUT2D eigenvalue weighted by Gasteiger charge is -2.39. The highest BCUT2D eigenvalue weighted by Crippen LogP contribution is 2.38. The molecule has 2 fully saturated rings. The van der Waals surface area contributed by atoms with E-state index in [1.54, 1.807) is 11.3 Å². The van der Waals surface area contributed by atoms with Gasteiger partial charge in [0.15, 0.2) is 0 Å². The number of carbonyl (C=O) groups excluding carboxylic acids is 1. The molecule has 1 aliphatic carbocycles. The summed E-state index contributed by atoms with van der Waals surface area (Å²) < 4.78 is 0. The van der Waals surface area contributed by atoms with Crippen LogP contribution in [-0.4, -0.2) is 29.9 Å². The zero-order valence-electron chi connectivity index (χ0n) is 12.2. The monoisotopic (exact) mass is 292 g/mol. The highest BCUT2D eigenvalue weighted by atomic mass is 32.1. The Morgan fingerprint density at radius 1 is 1.55 bits per heavy atom. The number of carbonyl (C=O) groups is 1. The Balaban J connectivity index is 1.77. The van der Waals surface area contributed by atoms with Crippen LogP contribution in [0.1, 0.15) is 43.9 Å². The van der Waals surface area contributed by atoms with Crippen LogP contribution in [0.2, 0.25) is 0 Å². The second-order valence-corrected chi connectivity index (χ2v) is 7.19. The summed E-state index contributed by atoms with van der Waals surface area (Å²) in [5.74, 6) is 0.392. The Labute approximate surface area is 125 Å². The average molecular weight is 292 g/mol. The molecule has 3 rings (SSSR count). The van der Waals surface area contributed by atoms with Gasteiger partial charge in [0.25, 0.3) is 0 Å². The van der Waals surface area contributed by atoms with Crippen LogP contribution in [-0.2, 0) is 11.3 Å². The summed E-state index contributed by atoms with van der Waals surface area (Å²) in [5, 5.41) is 5.54. The Hall–Kier alpha value is -0.870. The molecule has 20 heavy (non-hydrogen) atoms. The molecule has 0 radical (unpaired) electrons. The molecule has 1 saturated heterocycles. The molecule has 1 N–H and O–H groups in total. The van der Waals surface area contributed by atoms with E-state index in [0.717, 1.165) is 38.9 Å². The molecule has 1 atom stereocenters. The Kier molecular flexibility index (Phi) is 4.13. The van der Waals surface area contributed by atoms with Gasteiger partial charge in [-0.1, -0.05) is 13.0 Å². The van der Waals surface area contributed by atoms with E-state index in [2.05, 4.69) is 34.7 Å². The maximum absolute atomic E-state index is 13.1. The molecule has 1 amide bonds. The minimum Gasteiger partial charge on any atom is -0.334 e. The molecule has 1 aliphatic heterocycles. The van der Waals surface area contributed by atoms with Crippen molar-refractivity contribution in [3.63, 3.8) is 0 Å². The van der Waals surface area contributed by atoms with Crippen LogP contribution >= 0.6 is 11.3 Å². The lowest BCUT2D eigenvalue weighted by atomic mass is 9.77. The lowest BCUT2D eigenvalue weighted by Crippen LogP contribution is -2.52. The van der Waals surface area contributed by atoms with Gasteiger partial charge in [-0.05, 0) is 50.1 Å². The van der Waals surface area contributed by atoms with Gasteiger partial charge in [0.1, 0.15) is 0 Å². The Bertz CT molecular complexity index is 447. The molecule has 1 unspecified atom stereocenters. The normalized spacial score (nSPS) is 26.4. The maximum Gasteiger partial charge on any atom is 0.230 e. The molecular weight excluding hydrogens is 268 g/mol. The quantitative estimate of drug-likeness (QED) is 0.905. The molecule has 2 heterocycles. The minimum absolute atomic E-state index is 0.155. The number of hydrogen-bond donors (Lipinski definition) is 1. The number of amides is 1. The van der Waals surface area contributed by atoms with Crippen molar-refractivity contribution in [2.45, 2.75) is 51.6 Å². The molecule has 1 aromatic heterocycles. The molecule has 110 valence electrons. The van der Waals surface area contributed by atoms with Gasteiger partial charge in [0.2, 0.25) is 5.91 Å². The highest BCUT2D eigenvalue weighted by molar-refractivity contribution is 7.09. The van der Waals surface area contributed by atoms with Gasteiger partial charge in [0.05, 0.1) is 12.0 Å². The van der Waals surface area contributed by atoms with Crippen LogP contribution in [0.5, 0.6) is 0 Å². The molecule has 0 spiro atoms. The second kappa shape index (κ2) is 5.86. The number of nitrogens with zero attached hydrogens (tertiary/aromatic N) is 1. The zero-order chi connectivity index (χ0) is 14.0. The largest absolute Gasteiger partial charge is 0.334 e. The van der Waals surface area contributed by atoms with Gasteiger partial charge in [-0.15, -0.1) is 11.3 Å². The topological polar surface area (TPSA) is 32.3 Å². The maximum atomic E-state index is 13.1. The third-order valence-electron chi connectivity index (χ3n) is 4.76. The molecular formula is C16H24N2OS. The molecule has 0 bridgehead atoms. The van der Waals surface area contributed by atoms with Crippen LogP contribution < -0.4 is 5.32 Å². The number of rotatable bonds is 5. The first kappa shape index (κ1) is 14.1. The van der Waals surface area contributed by atoms with E-state index in [0.29, 0.717) is 11.9 Å². The average Bonchev–Trinajstić information content (AvgIpc) is 3.21. The summed E-state index contributed by atoms with van der Waals surface area (Å²) in [6.07, 6.45) is 5.49. The first-order valence-electron chi connectivity index (χ1n) is 7.79. The standard InChI is InChI=1S/C16H24N2OS/c1-2-16(8-4-9-17-12-16)15(19)18(13-6-7-13)11-14-5-3-10-20-14/h3,5,10,13,17H,2,4,6-9,11-12H2,1H3. The van der Waals surface area contributed by atoms with Crippen LogP contribution in [0, 0.1) is 5.41 Å². The Morgan fingerprint density at radius 2 is 2.40 bits per heavy atom. The van der Waals surface area contributed by atoms with Gasteiger partial charge >= 0.3 is 0 Å². The molecule has 1 aromatic rings. The molecule has 1 saturated carbocycles. The summed E-state index contributed by atoms with van der Waals surface area (Å²) >= 11 is 1.76. The van der Waals surface area contributed by atoms with Crippen LogP contribution in [0.25, 0.3) is 0 Å². The van der Waals surface area contributed by atoms with Crippen molar-refractivity contribution in [2.75, 3.05) is 13.1 Å². The summed E-state index contributed by atoms with van der Waals surface area (Å²) in [5.41, 5.74) is -0.155. The third-order valence-corrected chi connectivity index (χ3v) is 5.62. The van der Waals surface area contributed by atoms with Gasteiger partial charge < -0.3 is 10.2 Å². The highest BCUT2D eigenvalue weighted by Gasteiger charge is 2.44. The van der Waals surface area contributed by atoms with E-state index in [9.17, 15) is 4.79 Å². The van der Waals surface area contributed by atoms with Crippen molar-refractivity contribution >= 4 is 17.2 Å². The molecule has 2 aliphatic rings. The van der Waals surface area contributed by atoms with Crippen molar-refractivity contribution in [3.05, 3.63) is 22.4 Å². The molecule has 4 heteroatoms. The van der Waals surface area contributed by atoms with Gasteiger partial charge in [-0.25, -0.2) is 0 Å². The number of piperidine rings is 1. The zero-order valence-corrected chi connectivity index (χ0v) is 13.0. The van der Waals surface area contributed by atoms with Crippen LogP contribution in [0.3, 0.4) is 0 Å². The predicted octanol–water partition coefficient (Wildman–Crippen LogP) is 3.02. The molecule has 3 nitrogen and oxygen atoms in total.